The molecule has 5 nitrogen and oxygen atoms in total. The summed E-state index contributed by atoms with van der Waals surface area (Å²) in [4.78, 5) is 11.9. The minimum absolute atomic E-state index is 0.134. The molecule has 1 atom stereocenters. The molecule has 6 heteroatoms. The molecular weight excluding hydrogens is 248 g/mol. The Kier molecular flexibility index (Phi) is 5.22. The summed E-state index contributed by atoms with van der Waals surface area (Å²) in [5, 5.41) is 12.8. The molecule has 0 saturated carbocycles. The van der Waals surface area contributed by atoms with Crippen LogP contribution in [0, 0.1) is 0 Å². The van der Waals surface area contributed by atoms with Crippen molar-refractivity contribution in [2.24, 2.45) is 5.73 Å². The summed E-state index contributed by atoms with van der Waals surface area (Å²) in [5.74, 6) is 0.234. The lowest BCUT2D eigenvalue weighted by atomic mass is 9.97. The number of nitrogens with zero attached hydrogens (tertiary/aromatic N) is 2. The monoisotopic (exact) mass is 270 g/mol. The van der Waals surface area contributed by atoms with Crippen molar-refractivity contribution in [1.82, 2.24) is 15.5 Å². The molecule has 0 bridgehead atoms. The fourth-order valence-electron chi connectivity index (χ4n) is 1.56. The van der Waals surface area contributed by atoms with Crippen LogP contribution in [0.1, 0.15) is 56.5 Å². The van der Waals surface area contributed by atoms with E-state index >= 15 is 0 Å². The highest BCUT2D eigenvalue weighted by Gasteiger charge is 2.26. The molecule has 3 N–H and O–H groups in total. The van der Waals surface area contributed by atoms with Gasteiger partial charge in [0.2, 0.25) is 5.91 Å². The molecule has 18 heavy (non-hydrogen) atoms. The third-order valence-corrected chi connectivity index (χ3v) is 3.89. The Morgan fingerprint density at radius 1 is 1.50 bits per heavy atom. The zero-order valence-corrected chi connectivity index (χ0v) is 12.3. The number of amides is 1. The summed E-state index contributed by atoms with van der Waals surface area (Å²) in [7, 11) is 0. The summed E-state index contributed by atoms with van der Waals surface area (Å²) >= 11 is 1.53. The second-order valence-corrected chi connectivity index (χ2v) is 6.13. The summed E-state index contributed by atoms with van der Waals surface area (Å²) in [6.45, 7) is 8.31. The molecular formula is C12H22N4OS. The largest absolute Gasteiger partial charge is 0.348 e. The Balaban J connectivity index is 2.52. The molecule has 1 unspecified atom stereocenters. The van der Waals surface area contributed by atoms with Gasteiger partial charge in [-0.3, -0.25) is 4.79 Å². The van der Waals surface area contributed by atoms with Gasteiger partial charge in [-0.2, -0.15) is 0 Å². The van der Waals surface area contributed by atoms with Gasteiger partial charge in [-0.1, -0.05) is 38.5 Å². The van der Waals surface area contributed by atoms with Crippen LogP contribution in [0.15, 0.2) is 0 Å². The van der Waals surface area contributed by atoms with Crippen LogP contribution in [0.3, 0.4) is 0 Å². The smallest absolute Gasteiger partial charge is 0.240 e. The minimum Gasteiger partial charge on any atom is -0.348 e. The number of nitrogens with one attached hydrogen (secondary N) is 1. The van der Waals surface area contributed by atoms with Crippen molar-refractivity contribution in [1.29, 1.82) is 0 Å². The van der Waals surface area contributed by atoms with Gasteiger partial charge in [0.15, 0.2) is 0 Å². The molecule has 0 spiro atoms. The second-order valence-electron chi connectivity index (χ2n) is 5.04. The molecule has 0 aliphatic rings. The molecule has 1 heterocycles. The lowest BCUT2D eigenvalue weighted by Crippen LogP contribution is -2.51. The number of hydrogen-bond donors (Lipinski definition) is 2. The number of carbonyl (C=O) groups is 1. The zero-order valence-electron chi connectivity index (χ0n) is 11.5. The van der Waals surface area contributed by atoms with Gasteiger partial charge in [-0.25, -0.2) is 0 Å². The highest BCUT2D eigenvalue weighted by Crippen LogP contribution is 2.18. The average molecular weight is 270 g/mol. The van der Waals surface area contributed by atoms with Crippen molar-refractivity contribution in [2.75, 3.05) is 0 Å². The maximum Gasteiger partial charge on any atom is 0.240 e. The van der Waals surface area contributed by atoms with Crippen molar-refractivity contribution in [3.8, 4) is 0 Å². The molecule has 1 amide bonds. The minimum atomic E-state index is -0.805. The van der Waals surface area contributed by atoms with Crippen molar-refractivity contribution >= 4 is 17.2 Å². The van der Waals surface area contributed by atoms with Crippen LogP contribution in [-0.2, 0) is 11.3 Å². The quantitative estimate of drug-likeness (QED) is 0.826. The van der Waals surface area contributed by atoms with E-state index in [1.165, 1.54) is 11.3 Å². The van der Waals surface area contributed by atoms with Gasteiger partial charge < -0.3 is 11.1 Å². The van der Waals surface area contributed by atoms with E-state index in [0.717, 1.165) is 16.4 Å². The van der Waals surface area contributed by atoms with Crippen molar-refractivity contribution in [2.45, 2.75) is 58.5 Å². The van der Waals surface area contributed by atoms with Gasteiger partial charge in [0.05, 0.1) is 12.1 Å². The number of hydrogen-bond acceptors (Lipinski definition) is 5. The maximum absolute atomic E-state index is 11.9. The van der Waals surface area contributed by atoms with Gasteiger partial charge in [0, 0.05) is 5.92 Å². The number of aromatic nitrogens is 2. The normalized spacial score (nSPS) is 14.6. The molecule has 0 radical (unpaired) electrons. The van der Waals surface area contributed by atoms with E-state index < -0.39 is 5.54 Å². The first-order chi connectivity index (χ1) is 8.36. The maximum atomic E-state index is 11.9. The number of nitrogens with two attached hydrogens (primary N) is 1. The van der Waals surface area contributed by atoms with Gasteiger partial charge in [0.25, 0.3) is 0 Å². The first-order valence-electron chi connectivity index (χ1n) is 6.26. The lowest BCUT2D eigenvalue weighted by Gasteiger charge is -2.22. The molecule has 0 aliphatic heterocycles. The highest BCUT2D eigenvalue weighted by molar-refractivity contribution is 7.11. The zero-order chi connectivity index (χ0) is 13.8. The molecule has 0 fully saturated rings. The summed E-state index contributed by atoms with van der Waals surface area (Å²) in [5.41, 5.74) is 5.14. The van der Waals surface area contributed by atoms with Crippen molar-refractivity contribution in [3.63, 3.8) is 0 Å². The third-order valence-electron chi connectivity index (χ3n) is 2.66. The first-order valence-corrected chi connectivity index (χ1v) is 7.08. The Hall–Kier alpha value is -1.01. The van der Waals surface area contributed by atoms with Crippen LogP contribution in [0.4, 0.5) is 0 Å². The Labute approximate surface area is 112 Å². The van der Waals surface area contributed by atoms with Gasteiger partial charge in [-0.15, -0.1) is 10.2 Å². The van der Waals surface area contributed by atoms with E-state index in [4.69, 9.17) is 5.73 Å². The van der Waals surface area contributed by atoms with E-state index in [1.807, 2.05) is 6.92 Å². The van der Waals surface area contributed by atoms with E-state index in [0.29, 0.717) is 18.9 Å². The average Bonchev–Trinajstić information content (AvgIpc) is 2.74. The molecule has 102 valence electrons. The Morgan fingerprint density at radius 2 is 2.17 bits per heavy atom. The molecule has 0 saturated heterocycles. The summed E-state index contributed by atoms with van der Waals surface area (Å²) < 4.78 is 0. The van der Waals surface area contributed by atoms with E-state index in [2.05, 4.69) is 29.4 Å². The van der Waals surface area contributed by atoms with Crippen molar-refractivity contribution < 1.29 is 4.79 Å². The molecule has 1 rings (SSSR count). The second kappa shape index (κ2) is 6.24. The Morgan fingerprint density at radius 3 is 2.67 bits per heavy atom. The number of carbonyl (C=O) groups excluding carboxylic acids is 1. The van der Waals surface area contributed by atoms with Crippen LogP contribution in [0.2, 0.25) is 0 Å². The van der Waals surface area contributed by atoms with E-state index in [-0.39, 0.29) is 5.91 Å². The Bertz CT molecular complexity index is 401. The standard InChI is InChI=1S/C12H22N4OS/c1-5-6-12(4,13)11(17)14-7-9-15-16-10(18-9)8(2)3/h8H,5-7,13H2,1-4H3,(H,14,17). The molecule has 1 aromatic rings. The number of rotatable bonds is 6. The predicted molar refractivity (Wildman–Crippen MR) is 73.3 cm³/mol. The first kappa shape index (κ1) is 15.0. The highest BCUT2D eigenvalue weighted by atomic mass is 32.1. The fraction of sp³-hybridized carbons (Fsp3) is 0.750. The van der Waals surface area contributed by atoms with Crippen LogP contribution in [0.25, 0.3) is 0 Å². The van der Waals surface area contributed by atoms with E-state index in [1.54, 1.807) is 6.92 Å². The van der Waals surface area contributed by atoms with Gasteiger partial charge in [0.1, 0.15) is 10.0 Å². The van der Waals surface area contributed by atoms with Crippen LogP contribution in [-0.4, -0.2) is 21.6 Å². The lowest BCUT2D eigenvalue weighted by molar-refractivity contribution is -0.126. The predicted octanol–water partition coefficient (Wildman–Crippen LogP) is 1.80. The fourth-order valence-corrected chi connectivity index (χ4v) is 2.35. The molecule has 1 aromatic heterocycles. The van der Waals surface area contributed by atoms with Gasteiger partial charge >= 0.3 is 0 Å². The van der Waals surface area contributed by atoms with Gasteiger partial charge in [-0.05, 0) is 13.3 Å². The molecule has 0 aliphatic carbocycles. The topological polar surface area (TPSA) is 80.9 Å². The van der Waals surface area contributed by atoms with Crippen LogP contribution < -0.4 is 11.1 Å². The van der Waals surface area contributed by atoms with Crippen molar-refractivity contribution in [3.05, 3.63) is 10.0 Å². The summed E-state index contributed by atoms with van der Waals surface area (Å²) in [6, 6.07) is 0. The SMILES string of the molecule is CCCC(C)(N)C(=O)NCc1nnc(C(C)C)s1. The molecule has 0 aromatic carbocycles. The summed E-state index contributed by atoms with van der Waals surface area (Å²) in [6.07, 6.45) is 1.56. The van der Waals surface area contributed by atoms with E-state index in [9.17, 15) is 4.79 Å². The van der Waals surface area contributed by atoms with Crippen LogP contribution in [0.5, 0.6) is 0 Å². The third kappa shape index (κ3) is 4.03. The van der Waals surface area contributed by atoms with Crippen LogP contribution >= 0.6 is 11.3 Å².